The molecule has 1 rings (SSSR count). The third-order valence-corrected chi connectivity index (χ3v) is 3.63. The monoisotopic (exact) mass is 355 g/mol. The summed E-state index contributed by atoms with van der Waals surface area (Å²) in [5, 5.41) is 2.90. The van der Waals surface area contributed by atoms with Gasteiger partial charge < -0.3 is 10.1 Å². The molecule has 0 aromatic heterocycles. The number of benzene rings is 1. The van der Waals surface area contributed by atoms with Crippen LogP contribution >= 0.6 is 15.9 Å². The maximum absolute atomic E-state index is 11.7. The van der Waals surface area contributed by atoms with Gasteiger partial charge >= 0.3 is 5.97 Å². The molecular formula is C16H22BrNO3. The molecule has 1 aromatic carbocycles. The molecule has 0 aliphatic rings. The Labute approximate surface area is 134 Å². The summed E-state index contributed by atoms with van der Waals surface area (Å²) in [5.74, 6) is -0.101. The third-order valence-electron chi connectivity index (χ3n) is 3.14. The van der Waals surface area contributed by atoms with Gasteiger partial charge in [-0.3, -0.25) is 9.59 Å². The fourth-order valence-electron chi connectivity index (χ4n) is 1.94. The molecule has 0 unspecified atom stereocenters. The predicted molar refractivity (Wildman–Crippen MR) is 86.0 cm³/mol. The van der Waals surface area contributed by atoms with Gasteiger partial charge in [0.1, 0.15) is 0 Å². The largest absolute Gasteiger partial charge is 0.469 e. The summed E-state index contributed by atoms with van der Waals surface area (Å²) in [7, 11) is 1.40. The number of hydrogen-bond donors (Lipinski definition) is 1. The number of nitrogens with one attached hydrogen (secondary N) is 1. The standard InChI is InChI=1S/C16H22BrNO3/c1-21-16(20)8-3-2-4-11-18-15(19)10-9-13-6-5-7-14(17)12-13/h5-7,12H,2-4,8-11H2,1H3,(H,18,19). The van der Waals surface area contributed by atoms with Gasteiger partial charge in [-0.15, -0.1) is 0 Å². The molecule has 0 bridgehead atoms. The Morgan fingerprint density at radius 1 is 1.19 bits per heavy atom. The first-order chi connectivity index (χ1) is 10.1. The number of unbranched alkanes of at least 4 members (excludes halogenated alkanes) is 2. The zero-order chi connectivity index (χ0) is 15.5. The van der Waals surface area contributed by atoms with Crippen LogP contribution in [-0.2, 0) is 20.7 Å². The second-order valence-electron chi connectivity index (χ2n) is 4.87. The molecule has 0 radical (unpaired) electrons. The van der Waals surface area contributed by atoms with Crippen LogP contribution in [-0.4, -0.2) is 25.5 Å². The van der Waals surface area contributed by atoms with Crippen LogP contribution in [0.1, 0.15) is 37.7 Å². The van der Waals surface area contributed by atoms with Crippen LogP contribution in [0.15, 0.2) is 28.7 Å². The van der Waals surface area contributed by atoms with E-state index in [0.29, 0.717) is 19.4 Å². The molecule has 1 amide bonds. The minimum atomic E-state index is -0.173. The molecule has 0 saturated carbocycles. The van der Waals surface area contributed by atoms with Crippen molar-refractivity contribution < 1.29 is 14.3 Å². The van der Waals surface area contributed by atoms with Gasteiger partial charge in [-0.2, -0.15) is 0 Å². The van der Waals surface area contributed by atoms with Crippen molar-refractivity contribution in [3.63, 3.8) is 0 Å². The lowest BCUT2D eigenvalue weighted by Crippen LogP contribution is -2.24. The molecule has 0 aliphatic carbocycles. The Hall–Kier alpha value is -1.36. The number of halogens is 1. The molecule has 0 heterocycles. The predicted octanol–water partition coefficient (Wildman–Crippen LogP) is 3.23. The van der Waals surface area contributed by atoms with E-state index >= 15 is 0 Å². The molecule has 0 spiro atoms. The summed E-state index contributed by atoms with van der Waals surface area (Å²) >= 11 is 3.42. The summed E-state index contributed by atoms with van der Waals surface area (Å²) in [6.07, 6.45) is 4.31. The third kappa shape index (κ3) is 8.50. The quantitative estimate of drug-likeness (QED) is 0.546. The minimum absolute atomic E-state index is 0.0722. The summed E-state index contributed by atoms with van der Waals surface area (Å²) in [5.41, 5.74) is 1.15. The number of methoxy groups -OCH3 is 1. The molecule has 1 aromatic rings. The SMILES string of the molecule is COC(=O)CCCCCNC(=O)CCc1cccc(Br)c1. The highest BCUT2D eigenvalue weighted by molar-refractivity contribution is 9.10. The lowest BCUT2D eigenvalue weighted by Gasteiger charge is -2.05. The maximum atomic E-state index is 11.7. The van der Waals surface area contributed by atoms with Crippen molar-refractivity contribution in [1.29, 1.82) is 0 Å². The van der Waals surface area contributed by atoms with Gasteiger partial charge in [-0.05, 0) is 37.0 Å². The smallest absolute Gasteiger partial charge is 0.305 e. The maximum Gasteiger partial charge on any atom is 0.305 e. The number of carbonyl (C=O) groups is 2. The van der Waals surface area contributed by atoms with E-state index in [1.165, 1.54) is 7.11 Å². The van der Waals surface area contributed by atoms with E-state index in [0.717, 1.165) is 35.7 Å². The fraction of sp³-hybridized carbons (Fsp3) is 0.500. The summed E-state index contributed by atoms with van der Waals surface area (Å²) < 4.78 is 5.60. The van der Waals surface area contributed by atoms with Crippen molar-refractivity contribution in [3.8, 4) is 0 Å². The summed E-state index contributed by atoms with van der Waals surface area (Å²) in [6, 6.07) is 7.99. The van der Waals surface area contributed by atoms with Crippen LogP contribution in [0.5, 0.6) is 0 Å². The van der Waals surface area contributed by atoms with Crippen molar-refractivity contribution in [2.45, 2.75) is 38.5 Å². The van der Waals surface area contributed by atoms with E-state index in [4.69, 9.17) is 0 Å². The average Bonchev–Trinajstić information content (AvgIpc) is 2.48. The van der Waals surface area contributed by atoms with Crippen molar-refractivity contribution in [2.75, 3.05) is 13.7 Å². The molecule has 116 valence electrons. The second kappa shape index (κ2) is 10.4. The van der Waals surface area contributed by atoms with Gasteiger partial charge in [0.25, 0.3) is 0 Å². The number of carbonyl (C=O) groups excluding carboxylic acids is 2. The molecule has 0 aliphatic heterocycles. The second-order valence-corrected chi connectivity index (χ2v) is 5.78. The first-order valence-electron chi connectivity index (χ1n) is 7.20. The Kier molecular flexibility index (Phi) is 8.74. The molecule has 0 saturated heterocycles. The van der Waals surface area contributed by atoms with Crippen LogP contribution in [0.2, 0.25) is 0 Å². The highest BCUT2D eigenvalue weighted by Gasteiger charge is 2.03. The highest BCUT2D eigenvalue weighted by Crippen LogP contribution is 2.12. The Morgan fingerprint density at radius 3 is 2.71 bits per heavy atom. The molecule has 4 nitrogen and oxygen atoms in total. The van der Waals surface area contributed by atoms with Gasteiger partial charge in [-0.1, -0.05) is 34.5 Å². The number of ether oxygens (including phenoxy) is 1. The van der Waals surface area contributed by atoms with E-state index < -0.39 is 0 Å². The van der Waals surface area contributed by atoms with Crippen molar-refractivity contribution in [1.82, 2.24) is 5.32 Å². The van der Waals surface area contributed by atoms with Crippen LogP contribution < -0.4 is 5.32 Å². The van der Waals surface area contributed by atoms with Gasteiger partial charge in [0.15, 0.2) is 0 Å². The van der Waals surface area contributed by atoms with Crippen LogP contribution in [0, 0.1) is 0 Å². The molecule has 0 atom stereocenters. The van der Waals surface area contributed by atoms with Crippen molar-refractivity contribution in [3.05, 3.63) is 34.3 Å². The summed E-state index contributed by atoms with van der Waals surface area (Å²) in [6.45, 7) is 0.665. The summed E-state index contributed by atoms with van der Waals surface area (Å²) in [4.78, 5) is 22.6. The minimum Gasteiger partial charge on any atom is -0.469 e. The van der Waals surface area contributed by atoms with E-state index in [1.54, 1.807) is 0 Å². The topological polar surface area (TPSA) is 55.4 Å². The van der Waals surface area contributed by atoms with Gasteiger partial charge in [-0.25, -0.2) is 0 Å². The number of rotatable bonds is 9. The molecule has 0 fully saturated rings. The Bertz CT molecular complexity index is 463. The fourth-order valence-corrected chi connectivity index (χ4v) is 2.39. The Morgan fingerprint density at radius 2 is 2.00 bits per heavy atom. The van der Waals surface area contributed by atoms with Crippen LogP contribution in [0.25, 0.3) is 0 Å². The van der Waals surface area contributed by atoms with Crippen molar-refractivity contribution >= 4 is 27.8 Å². The normalized spacial score (nSPS) is 10.2. The van der Waals surface area contributed by atoms with E-state index in [1.807, 2.05) is 24.3 Å². The van der Waals surface area contributed by atoms with Gasteiger partial charge in [0.05, 0.1) is 7.11 Å². The van der Waals surface area contributed by atoms with Crippen LogP contribution in [0.3, 0.4) is 0 Å². The highest BCUT2D eigenvalue weighted by atomic mass is 79.9. The first-order valence-corrected chi connectivity index (χ1v) is 7.99. The first kappa shape index (κ1) is 17.7. The zero-order valence-corrected chi connectivity index (χ0v) is 13.9. The average molecular weight is 356 g/mol. The van der Waals surface area contributed by atoms with Crippen molar-refractivity contribution in [2.24, 2.45) is 0 Å². The van der Waals surface area contributed by atoms with Gasteiger partial charge in [0, 0.05) is 23.9 Å². The molecule has 5 heteroatoms. The number of esters is 1. The van der Waals surface area contributed by atoms with Gasteiger partial charge in [0.2, 0.25) is 5.91 Å². The number of hydrogen-bond acceptors (Lipinski definition) is 3. The number of amides is 1. The zero-order valence-electron chi connectivity index (χ0n) is 12.4. The Balaban J connectivity index is 2.05. The molecule has 21 heavy (non-hydrogen) atoms. The molecule has 1 N–H and O–H groups in total. The number of aryl methyl sites for hydroxylation is 1. The lowest BCUT2D eigenvalue weighted by molar-refractivity contribution is -0.140. The van der Waals surface area contributed by atoms with Crippen LogP contribution in [0.4, 0.5) is 0 Å². The van der Waals surface area contributed by atoms with E-state index in [2.05, 4.69) is 26.0 Å². The van der Waals surface area contributed by atoms with E-state index in [-0.39, 0.29) is 11.9 Å². The van der Waals surface area contributed by atoms with E-state index in [9.17, 15) is 9.59 Å². The molecular weight excluding hydrogens is 334 g/mol. The lowest BCUT2D eigenvalue weighted by atomic mass is 10.1.